The van der Waals surface area contributed by atoms with Gasteiger partial charge in [-0.25, -0.2) is 4.68 Å². The van der Waals surface area contributed by atoms with Gasteiger partial charge in [-0.15, -0.1) is 5.10 Å². The fourth-order valence-electron chi connectivity index (χ4n) is 2.38. The molecule has 2 N–H and O–H groups in total. The fraction of sp³-hybridized carbons (Fsp3) is 0.429. The van der Waals surface area contributed by atoms with Gasteiger partial charge in [0.25, 0.3) is 0 Å². The summed E-state index contributed by atoms with van der Waals surface area (Å²) >= 11 is 0. The Labute approximate surface area is 113 Å². The zero-order chi connectivity index (χ0) is 13.2. The van der Waals surface area contributed by atoms with E-state index in [4.69, 9.17) is 5.73 Å². The molecule has 5 nitrogen and oxygen atoms in total. The van der Waals surface area contributed by atoms with Gasteiger partial charge in [-0.2, -0.15) is 4.98 Å². The second kappa shape index (κ2) is 4.91. The molecule has 1 aromatic carbocycles. The number of anilines is 2. The van der Waals surface area contributed by atoms with E-state index in [0.717, 1.165) is 19.0 Å². The van der Waals surface area contributed by atoms with Crippen LogP contribution in [0.15, 0.2) is 24.3 Å². The third-order valence-corrected chi connectivity index (χ3v) is 3.53. The molecule has 1 aromatic heterocycles. The molecular weight excluding hydrogens is 238 g/mol. The van der Waals surface area contributed by atoms with E-state index in [-0.39, 0.29) is 0 Å². The molecule has 0 unspecified atom stereocenters. The minimum Gasteiger partial charge on any atom is -0.368 e. The largest absolute Gasteiger partial charge is 0.368 e. The van der Waals surface area contributed by atoms with Crippen LogP contribution in [0.3, 0.4) is 0 Å². The maximum Gasteiger partial charge on any atom is 0.246 e. The van der Waals surface area contributed by atoms with Gasteiger partial charge in [0, 0.05) is 13.1 Å². The van der Waals surface area contributed by atoms with E-state index in [9.17, 15) is 0 Å². The number of hydrogen-bond acceptors (Lipinski definition) is 4. The van der Waals surface area contributed by atoms with Crippen molar-refractivity contribution < 1.29 is 0 Å². The summed E-state index contributed by atoms with van der Waals surface area (Å²) in [4.78, 5) is 6.56. The first kappa shape index (κ1) is 12.0. The van der Waals surface area contributed by atoms with Crippen molar-refractivity contribution in [2.75, 3.05) is 23.7 Å². The van der Waals surface area contributed by atoms with Crippen molar-refractivity contribution in [3.8, 4) is 0 Å². The molecule has 19 heavy (non-hydrogen) atoms. The molecule has 5 heteroatoms. The van der Waals surface area contributed by atoms with Gasteiger partial charge in [-0.3, -0.25) is 0 Å². The molecule has 0 aliphatic carbocycles. The van der Waals surface area contributed by atoms with Gasteiger partial charge in [0.1, 0.15) is 0 Å². The first-order valence-electron chi connectivity index (χ1n) is 6.73. The Morgan fingerprint density at radius 2 is 1.84 bits per heavy atom. The number of nitrogen functional groups attached to an aromatic ring is 1. The maximum absolute atomic E-state index is 5.95. The minimum absolute atomic E-state index is 0.488. The van der Waals surface area contributed by atoms with Gasteiger partial charge >= 0.3 is 0 Å². The highest BCUT2D eigenvalue weighted by atomic mass is 15.4. The van der Waals surface area contributed by atoms with E-state index in [1.807, 2.05) is 0 Å². The van der Waals surface area contributed by atoms with Crippen molar-refractivity contribution in [3.63, 3.8) is 0 Å². The lowest BCUT2D eigenvalue weighted by molar-refractivity contribution is 0.690. The third-order valence-electron chi connectivity index (χ3n) is 3.53. The average Bonchev–Trinajstić information content (AvgIpc) is 3.03. The SMILES string of the molecule is Cc1ccc(Cn2nc(N3CCCC3)nc2N)cc1. The number of nitrogens with zero attached hydrogens (tertiary/aromatic N) is 4. The van der Waals surface area contributed by atoms with Crippen LogP contribution in [0.2, 0.25) is 0 Å². The molecule has 0 spiro atoms. The Morgan fingerprint density at radius 1 is 1.16 bits per heavy atom. The van der Waals surface area contributed by atoms with Gasteiger partial charge in [0.2, 0.25) is 11.9 Å². The highest BCUT2D eigenvalue weighted by molar-refractivity contribution is 5.36. The lowest BCUT2D eigenvalue weighted by atomic mass is 10.1. The normalized spacial score (nSPS) is 15.1. The second-order valence-corrected chi connectivity index (χ2v) is 5.11. The van der Waals surface area contributed by atoms with Gasteiger partial charge in [0.05, 0.1) is 6.54 Å². The van der Waals surface area contributed by atoms with Crippen molar-refractivity contribution in [2.24, 2.45) is 0 Å². The van der Waals surface area contributed by atoms with E-state index < -0.39 is 0 Å². The molecule has 1 saturated heterocycles. The summed E-state index contributed by atoms with van der Waals surface area (Å²) in [7, 11) is 0. The maximum atomic E-state index is 5.95. The van der Waals surface area contributed by atoms with Crippen LogP contribution < -0.4 is 10.6 Å². The zero-order valence-electron chi connectivity index (χ0n) is 11.2. The fourth-order valence-corrected chi connectivity index (χ4v) is 2.38. The van der Waals surface area contributed by atoms with Crippen LogP contribution in [0.25, 0.3) is 0 Å². The first-order chi connectivity index (χ1) is 9.22. The molecule has 3 rings (SSSR count). The van der Waals surface area contributed by atoms with Crippen LogP contribution in [0.1, 0.15) is 24.0 Å². The predicted octanol–water partition coefficient (Wildman–Crippen LogP) is 1.82. The van der Waals surface area contributed by atoms with E-state index in [2.05, 4.69) is 46.2 Å². The molecular formula is C14H19N5. The standard InChI is InChI=1S/C14H19N5/c1-11-4-6-12(7-5-11)10-19-13(15)16-14(17-19)18-8-2-3-9-18/h4-7H,2-3,8-10H2,1H3,(H2,15,16,17). The topological polar surface area (TPSA) is 60.0 Å². The van der Waals surface area contributed by atoms with Crippen molar-refractivity contribution >= 4 is 11.9 Å². The molecule has 2 heterocycles. The summed E-state index contributed by atoms with van der Waals surface area (Å²) in [6, 6.07) is 8.41. The van der Waals surface area contributed by atoms with Gasteiger partial charge in [-0.05, 0) is 25.3 Å². The lowest BCUT2D eigenvalue weighted by Crippen LogP contribution is -2.19. The highest BCUT2D eigenvalue weighted by Gasteiger charge is 2.18. The third kappa shape index (κ3) is 2.54. The van der Waals surface area contributed by atoms with Gasteiger partial charge < -0.3 is 10.6 Å². The Hall–Kier alpha value is -2.04. The Kier molecular flexibility index (Phi) is 3.11. The molecule has 100 valence electrons. The minimum atomic E-state index is 0.488. The zero-order valence-corrected chi connectivity index (χ0v) is 11.2. The molecule has 1 aliphatic heterocycles. The van der Waals surface area contributed by atoms with Gasteiger partial charge in [-0.1, -0.05) is 29.8 Å². The smallest absolute Gasteiger partial charge is 0.246 e. The predicted molar refractivity (Wildman–Crippen MR) is 76.2 cm³/mol. The van der Waals surface area contributed by atoms with E-state index >= 15 is 0 Å². The molecule has 0 atom stereocenters. The summed E-state index contributed by atoms with van der Waals surface area (Å²) < 4.78 is 1.78. The summed E-state index contributed by atoms with van der Waals surface area (Å²) in [5, 5.41) is 4.52. The van der Waals surface area contributed by atoms with Crippen molar-refractivity contribution in [1.82, 2.24) is 14.8 Å². The average molecular weight is 257 g/mol. The Bertz CT molecular complexity index is 552. The summed E-state index contributed by atoms with van der Waals surface area (Å²) in [6.45, 7) is 4.83. The van der Waals surface area contributed by atoms with Crippen LogP contribution in [-0.2, 0) is 6.54 Å². The number of aromatic nitrogens is 3. The Morgan fingerprint density at radius 3 is 2.53 bits per heavy atom. The number of nitrogens with two attached hydrogens (primary N) is 1. The van der Waals surface area contributed by atoms with E-state index in [0.29, 0.717) is 12.5 Å². The Balaban J connectivity index is 1.79. The molecule has 0 saturated carbocycles. The summed E-state index contributed by atoms with van der Waals surface area (Å²) in [5.41, 5.74) is 8.40. The molecule has 0 radical (unpaired) electrons. The summed E-state index contributed by atoms with van der Waals surface area (Å²) in [6.07, 6.45) is 2.43. The highest BCUT2D eigenvalue weighted by Crippen LogP contribution is 2.18. The van der Waals surface area contributed by atoms with Crippen molar-refractivity contribution in [3.05, 3.63) is 35.4 Å². The van der Waals surface area contributed by atoms with Crippen molar-refractivity contribution in [2.45, 2.75) is 26.3 Å². The molecule has 2 aromatic rings. The molecule has 0 bridgehead atoms. The number of rotatable bonds is 3. The van der Waals surface area contributed by atoms with Crippen LogP contribution in [-0.4, -0.2) is 27.9 Å². The van der Waals surface area contributed by atoms with Gasteiger partial charge in [0.15, 0.2) is 0 Å². The van der Waals surface area contributed by atoms with E-state index in [1.54, 1.807) is 4.68 Å². The number of benzene rings is 1. The van der Waals surface area contributed by atoms with Crippen LogP contribution in [0.4, 0.5) is 11.9 Å². The monoisotopic (exact) mass is 257 g/mol. The van der Waals surface area contributed by atoms with Crippen LogP contribution >= 0.6 is 0 Å². The van der Waals surface area contributed by atoms with Crippen molar-refractivity contribution in [1.29, 1.82) is 0 Å². The summed E-state index contributed by atoms with van der Waals surface area (Å²) in [5.74, 6) is 1.25. The lowest BCUT2D eigenvalue weighted by Gasteiger charge is -2.10. The quantitative estimate of drug-likeness (QED) is 0.911. The van der Waals surface area contributed by atoms with E-state index in [1.165, 1.54) is 24.0 Å². The molecule has 0 amide bonds. The number of aryl methyl sites for hydroxylation is 1. The second-order valence-electron chi connectivity index (χ2n) is 5.11. The number of hydrogen-bond donors (Lipinski definition) is 1. The molecule has 1 aliphatic rings. The molecule has 1 fully saturated rings. The van der Waals surface area contributed by atoms with Crippen LogP contribution in [0, 0.1) is 6.92 Å². The van der Waals surface area contributed by atoms with Crippen LogP contribution in [0.5, 0.6) is 0 Å². The first-order valence-corrected chi connectivity index (χ1v) is 6.73.